The van der Waals surface area contributed by atoms with Crippen molar-refractivity contribution in [1.82, 2.24) is 9.66 Å². The monoisotopic (exact) mass is 817 g/mol. The number of para-hydroxylation sites is 1. The Labute approximate surface area is 272 Å². The van der Waals surface area contributed by atoms with E-state index in [2.05, 4.69) is 68.8 Å². The van der Waals surface area contributed by atoms with Crippen LogP contribution in [0.15, 0.2) is 111 Å². The quantitative estimate of drug-likeness (QED) is 0.157. The van der Waals surface area contributed by atoms with Gasteiger partial charge in [0.2, 0.25) is 5.82 Å². The van der Waals surface area contributed by atoms with Gasteiger partial charge in [0, 0.05) is 24.4 Å². The number of fused-ring (bicyclic) bond motifs is 2. The smallest absolute Gasteiger partial charge is 0.282 e. The van der Waals surface area contributed by atoms with E-state index >= 15 is 0 Å². The molecule has 11 heteroatoms. The molecule has 0 bridgehead atoms. The van der Waals surface area contributed by atoms with Crippen LogP contribution in [0, 0.1) is 0 Å². The molecular weight excluding hydrogens is 805 g/mol. The summed E-state index contributed by atoms with van der Waals surface area (Å²) in [5, 5.41) is 6.23. The van der Waals surface area contributed by atoms with E-state index in [1.165, 1.54) is 4.68 Å². The lowest BCUT2D eigenvalue weighted by atomic mass is 10.2. The summed E-state index contributed by atoms with van der Waals surface area (Å²) in [5.74, 6) is 1.19. The lowest BCUT2D eigenvalue weighted by molar-refractivity contribution is 0.303. The highest BCUT2D eigenvalue weighted by Gasteiger charge is 2.17. The van der Waals surface area contributed by atoms with Crippen LogP contribution in [-0.2, 0) is 6.61 Å². The minimum atomic E-state index is -0.325. The highest BCUT2D eigenvalue weighted by Crippen LogP contribution is 2.36. The second kappa shape index (κ2) is 11.9. The molecule has 0 atom stereocenters. The molecule has 0 aliphatic heterocycles. The maximum absolute atomic E-state index is 13.6. The van der Waals surface area contributed by atoms with E-state index in [-0.39, 0.29) is 11.4 Å². The fraction of sp³-hybridized carbons (Fsp3) is 0.0333. The summed E-state index contributed by atoms with van der Waals surface area (Å²) in [5.41, 5.74) is 2.51. The van der Waals surface area contributed by atoms with Gasteiger partial charge in [-0.2, -0.15) is 9.78 Å². The number of furan rings is 1. The Morgan fingerprint density at radius 3 is 2.51 bits per heavy atom. The molecular formula is C30H16Br4ClN3O3. The Kier molecular flexibility index (Phi) is 8.20. The average molecular weight is 822 g/mol. The van der Waals surface area contributed by atoms with Gasteiger partial charge in [0.05, 0.1) is 26.6 Å². The predicted octanol–water partition coefficient (Wildman–Crippen LogP) is 9.97. The van der Waals surface area contributed by atoms with Crippen molar-refractivity contribution in [2.24, 2.45) is 5.10 Å². The zero-order chi connectivity index (χ0) is 28.7. The van der Waals surface area contributed by atoms with E-state index in [4.69, 9.17) is 25.7 Å². The van der Waals surface area contributed by atoms with Crippen molar-refractivity contribution >= 4 is 103 Å². The third-order valence-corrected chi connectivity index (χ3v) is 8.78. The van der Waals surface area contributed by atoms with Crippen molar-refractivity contribution in [3.8, 4) is 17.3 Å². The molecule has 204 valence electrons. The highest BCUT2D eigenvalue weighted by molar-refractivity contribution is 9.11. The van der Waals surface area contributed by atoms with Gasteiger partial charge in [0.15, 0.2) is 11.5 Å². The van der Waals surface area contributed by atoms with Crippen LogP contribution in [0.5, 0.6) is 5.75 Å². The van der Waals surface area contributed by atoms with Crippen LogP contribution in [-0.4, -0.2) is 15.9 Å². The van der Waals surface area contributed by atoms with Gasteiger partial charge >= 0.3 is 0 Å². The normalized spacial score (nSPS) is 11.6. The lowest BCUT2D eigenvalue weighted by Gasteiger charge is -2.12. The maximum atomic E-state index is 13.6. The zero-order valence-corrected chi connectivity index (χ0v) is 27.8. The molecule has 0 radical (unpaired) electrons. The van der Waals surface area contributed by atoms with Crippen LogP contribution in [0.3, 0.4) is 0 Å². The van der Waals surface area contributed by atoms with Crippen molar-refractivity contribution < 1.29 is 9.15 Å². The summed E-state index contributed by atoms with van der Waals surface area (Å²) in [7, 11) is 0. The van der Waals surface area contributed by atoms with Gasteiger partial charge in [-0.15, -0.1) is 0 Å². The van der Waals surface area contributed by atoms with Crippen LogP contribution in [0.2, 0.25) is 5.02 Å². The van der Waals surface area contributed by atoms with E-state index in [0.29, 0.717) is 49.7 Å². The van der Waals surface area contributed by atoms with Gasteiger partial charge in [0.25, 0.3) is 5.56 Å². The molecule has 0 aliphatic rings. The summed E-state index contributed by atoms with van der Waals surface area (Å²) >= 11 is 20.7. The summed E-state index contributed by atoms with van der Waals surface area (Å²) < 4.78 is 16.8. The number of halogens is 5. The van der Waals surface area contributed by atoms with Crippen LogP contribution >= 0.6 is 75.3 Å². The summed E-state index contributed by atoms with van der Waals surface area (Å²) in [6, 6.07) is 24.1. The van der Waals surface area contributed by atoms with Crippen LogP contribution < -0.4 is 10.3 Å². The van der Waals surface area contributed by atoms with Gasteiger partial charge < -0.3 is 9.15 Å². The van der Waals surface area contributed by atoms with Gasteiger partial charge in [0.1, 0.15) is 12.2 Å². The largest absolute Gasteiger partial charge is 0.486 e. The standard InChI is InChI=1S/C30H16Br4ClN3O3/c31-19-7-8-26-18(11-19)12-27(41-26)29-37-25-4-2-1-3-21(25)30(39)38(29)36-14-16-9-23(34)28(24(35)10-16)40-15-17-5-6-20(32)13-22(17)33/h1-14H,15H2. The Balaban J connectivity index is 1.37. The van der Waals surface area contributed by atoms with Gasteiger partial charge in [-0.3, -0.25) is 4.79 Å². The summed E-state index contributed by atoms with van der Waals surface area (Å²) in [6.07, 6.45) is 1.55. The summed E-state index contributed by atoms with van der Waals surface area (Å²) in [6.45, 7) is 0.315. The molecule has 4 aromatic carbocycles. The van der Waals surface area contributed by atoms with E-state index < -0.39 is 0 Å². The Bertz CT molecular complexity index is 2030. The third kappa shape index (κ3) is 5.94. The Morgan fingerprint density at radius 1 is 0.927 bits per heavy atom. The molecule has 2 heterocycles. The molecule has 2 aromatic heterocycles. The van der Waals surface area contributed by atoms with Crippen LogP contribution in [0.1, 0.15) is 11.1 Å². The lowest BCUT2D eigenvalue weighted by Crippen LogP contribution is -2.20. The molecule has 0 saturated carbocycles. The molecule has 0 N–H and O–H groups in total. The number of nitrogens with zero attached hydrogens (tertiary/aromatic N) is 3. The number of aromatic nitrogens is 2. The van der Waals surface area contributed by atoms with Gasteiger partial charge in [-0.05, 0) is 82.2 Å². The van der Waals surface area contributed by atoms with E-state index in [1.807, 2.05) is 54.6 Å². The van der Waals surface area contributed by atoms with E-state index in [9.17, 15) is 4.79 Å². The first-order valence-corrected chi connectivity index (χ1v) is 15.6. The Morgan fingerprint density at radius 2 is 1.71 bits per heavy atom. The molecule has 0 amide bonds. The number of benzene rings is 4. The fourth-order valence-corrected chi connectivity index (χ4v) is 6.75. The number of rotatable bonds is 6. The van der Waals surface area contributed by atoms with Crippen molar-refractivity contribution in [3.63, 3.8) is 0 Å². The fourth-order valence-electron chi connectivity index (χ4n) is 4.22. The number of ether oxygens (including phenoxy) is 1. The molecule has 6 rings (SSSR count). The number of hydrogen-bond acceptors (Lipinski definition) is 5. The van der Waals surface area contributed by atoms with Crippen molar-refractivity contribution in [2.75, 3.05) is 0 Å². The number of hydrogen-bond donors (Lipinski definition) is 0. The summed E-state index contributed by atoms with van der Waals surface area (Å²) in [4.78, 5) is 18.3. The highest BCUT2D eigenvalue weighted by atomic mass is 79.9. The van der Waals surface area contributed by atoms with Crippen LogP contribution in [0.25, 0.3) is 33.5 Å². The molecule has 0 unspecified atom stereocenters. The molecule has 6 nitrogen and oxygen atoms in total. The second-order valence-corrected chi connectivity index (χ2v) is 12.9. The minimum Gasteiger partial charge on any atom is -0.486 e. The second-order valence-electron chi connectivity index (χ2n) is 8.94. The molecule has 6 aromatic rings. The zero-order valence-electron chi connectivity index (χ0n) is 20.7. The molecule has 0 aliphatic carbocycles. The topological polar surface area (TPSA) is 69.6 Å². The average Bonchev–Trinajstić information content (AvgIpc) is 3.36. The molecule has 0 saturated heterocycles. The van der Waals surface area contributed by atoms with Gasteiger partial charge in [-0.25, -0.2) is 4.98 Å². The van der Waals surface area contributed by atoms with Crippen molar-refractivity contribution in [2.45, 2.75) is 6.61 Å². The van der Waals surface area contributed by atoms with Crippen molar-refractivity contribution in [1.29, 1.82) is 0 Å². The first kappa shape index (κ1) is 28.4. The van der Waals surface area contributed by atoms with E-state index in [0.717, 1.165) is 24.4 Å². The molecule has 0 spiro atoms. The molecule has 41 heavy (non-hydrogen) atoms. The maximum Gasteiger partial charge on any atom is 0.282 e. The SMILES string of the molecule is O=c1c2ccccc2nc(-c2cc3cc(Br)ccc3o2)n1N=Cc1cc(Cl)c(OCc2ccc(Br)cc2Br)c(Br)c1. The van der Waals surface area contributed by atoms with Crippen molar-refractivity contribution in [3.05, 3.63) is 123 Å². The predicted molar refractivity (Wildman–Crippen MR) is 177 cm³/mol. The molecule has 0 fully saturated rings. The first-order valence-electron chi connectivity index (χ1n) is 12.1. The van der Waals surface area contributed by atoms with E-state index in [1.54, 1.807) is 30.5 Å². The third-order valence-electron chi connectivity index (χ3n) is 6.18. The minimum absolute atomic E-state index is 0.280. The first-order chi connectivity index (χ1) is 19.8. The Hall–Kier alpha value is -2.76. The van der Waals surface area contributed by atoms with Gasteiger partial charge in [-0.1, -0.05) is 77.6 Å². The van der Waals surface area contributed by atoms with Crippen LogP contribution in [0.4, 0.5) is 0 Å².